The Morgan fingerprint density at radius 2 is 1.81 bits per heavy atom. The molecule has 3 atom stereocenters. The van der Waals surface area contributed by atoms with Crippen molar-refractivity contribution in [1.82, 2.24) is 4.90 Å². The zero-order valence-electron chi connectivity index (χ0n) is 20.8. The lowest BCUT2D eigenvalue weighted by Crippen LogP contribution is -2.41. The molecule has 0 spiro atoms. The molecule has 2 aliphatic rings. The van der Waals surface area contributed by atoms with Crippen molar-refractivity contribution in [2.24, 2.45) is 11.7 Å². The number of benzene rings is 3. The molecule has 3 aromatic rings. The van der Waals surface area contributed by atoms with Crippen LogP contribution in [0.25, 0.3) is 22.3 Å². The lowest BCUT2D eigenvalue weighted by Gasteiger charge is -2.27. The molecule has 2 fully saturated rings. The number of amides is 1. The van der Waals surface area contributed by atoms with Crippen molar-refractivity contribution in [3.63, 3.8) is 0 Å². The van der Waals surface area contributed by atoms with E-state index in [1.807, 2.05) is 11.0 Å². The molecule has 1 aliphatic heterocycles. The number of hydrogen-bond acceptors (Lipinski definition) is 4. The lowest BCUT2D eigenvalue weighted by atomic mass is 9.90. The smallest absolute Gasteiger partial charge is 0.254 e. The number of nitrogens with zero attached hydrogens (tertiary/aromatic N) is 2. The molecular formula is C30H29F2N3O2. The maximum absolute atomic E-state index is 15.4. The van der Waals surface area contributed by atoms with E-state index in [0.717, 1.165) is 12.8 Å². The summed E-state index contributed by atoms with van der Waals surface area (Å²) in [5, 5.41) is 19.3. The fraction of sp³-hybridized carbons (Fsp3) is 0.333. The van der Waals surface area contributed by atoms with Crippen LogP contribution < -0.4 is 5.73 Å². The summed E-state index contributed by atoms with van der Waals surface area (Å²) in [7, 11) is 0. The van der Waals surface area contributed by atoms with Gasteiger partial charge in [-0.05, 0) is 85.2 Å². The van der Waals surface area contributed by atoms with Crippen molar-refractivity contribution in [3.05, 3.63) is 82.9 Å². The topological polar surface area (TPSA) is 90.3 Å². The number of rotatable bonds is 5. The standard InChI is InChI=1S/C30H29F2N3O2/c1-30(2,37)14-17-3-8-23(26(32)11-17)22-9-6-19(29(36)35-16-21-7-10-27(35)28(21)34)12-24(22)18-4-5-20(15-33)25(31)13-18/h3-6,8-9,11-13,21,27-28,37H,7,10,14,16,34H2,1-2H3. The van der Waals surface area contributed by atoms with Gasteiger partial charge in [0.2, 0.25) is 0 Å². The van der Waals surface area contributed by atoms with E-state index in [4.69, 9.17) is 11.0 Å². The molecule has 190 valence electrons. The van der Waals surface area contributed by atoms with Crippen LogP contribution in [0.4, 0.5) is 8.78 Å². The third-order valence-electron chi connectivity index (χ3n) is 7.54. The van der Waals surface area contributed by atoms with Gasteiger partial charge in [0, 0.05) is 36.2 Å². The number of piperidine rings is 1. The van der Waals surface area contributed by atoms with Gasteiger partial charge in [0.1, 0.15) is 17.7 Å². The van der Waals surface area contributed by atoms with Crippen LogP contribution in [0, 0.1) is 28.9 Å². The number of nitriles is 1. The van der Waals surface area contributed by atoms with Crippen molar-refractivity contribution in [2.75, 3.05) is 6.54 Å². The van der Waals surface area contributed by atoms with E-state index in [1.165, 1.54) is 18.2 Å². The highest BCUT2D eigenvalue weighted by Gasteiger charge is 2.46. The quantitative estimate of drug-likeness (QED) is 0.512. The third-order valence-corrected chi connectivity index (χ3v) is 7.54. The van der Waals surface area contributed by atoms with E-state index < -0.39 is 17.2 Å². The molecule has 3 N–H and O–H groups in total. The van der Waals surface area contributed by atoms with E-state index in [9.17, 15) is 14.3 Å². The van der Waals surface area contributed by atoms with Crippen molar-refractivity contribution in [3.8, 4) is 28.3 Å². The Morgan fingerprint density at radius 3 is 2.41 bits per heavy atom. The van der Waals surface area contributed by atoms with E-state index in [2.05, 4.69) is 0 Å². The Hall–Kier alpha value is -3.60. The Balaban J connectivity index is 1.59. The Labute approximate surface area is 215 Å². The zero-order chi connectivity index (χ0) is 26.5. The molecule has 3 aromatic carbocycles. The number of nitrogens with two attached hydrogens (primary N) is 1. The fourth-order valence-corrected chi connectivity index (χ4v) is 5.76. The Kier molecular flexibility index (Phi) is 6.35. The van der Waals surface area contributed by atoms with Gasteiger partial charge in [0.25, 0.3) is 5.91 Å². The molecule has 0 radical (unpaired) electrons. The second kappa shape index (κ2) is 9.37. The minimum absolute atomic E-state index is 0.00810. The highest BCUT2D eigenvalue weighted by Crippen LogP contribution is 2.39. The second-order valence-electron chi connectivity index (χ2n) is 10.8. The van der Waals surface area contributed by atoms with Crippen LogP contribution in [0.1, 0.15) is 48.2 Å². The summed E-state index contributed by atoms with van der Waals surface area (Å²) >= 11 is 0. The van der Waals surface area contributed by atoms with E-state index >= 15 is 4.39 Å². The van der Waals surface area contributed by atoms with Crippen molar-refractivity contribution < 1.29 is 18.7 Å². The molecule has 1 amide bonds. The first kappa shape index (κ1) is 25.1. The maximum Gasteiger partial charge on any atom is 0.254 e. The van der Waals surface area contributed by atoms with Crippen LogP contribution in [0.15, 0.2) is 54.6 Å². The first-order valence-corrected chi connectivity index (χ1v) is 12.5. The number of carbonyl (C=O) groups excluding carboxylic acids is 1. The predicted octanol–water partition coefficient (Wildman–Crippen LogP) is 5.05. The third kappa shape index (κ3) is 4.75. The van der Waals surface area contributed by atoms with Gasteiger partial charge < -0.3 is 15.7 Å². The highest BCUT2D eigenvalue weighted by molar-refractivity contribution is 5.98. The number of aliphatic hydroxyl groups is 1. The number of carbonyl (C=O) groups is 1. The van der Waals surface area contributed by atoms with Crippen LogP contribution in [-0.2, 0) is 6.42 Å². The molecule has 3 unspecified atom stereocenters. The SMILES string of the molecule is CC(C)(O)Cc1ccc(-c2ccc(C(=O)N3CC4CCC3C4N)cc2-c2ccc(C#N)c(F)c2)c(F)c1. The molecular weight excluding hydrogens is 472 g/mol. The average Bonchev–Trinajstić information content (AvgIpc) is 3.36. The van der Waals surface area contributed by atoms with Gasteiger partial charge in [0.15, 0.2) is 0 Å². The predicted molar refractivity (Wildman–Crippen MR) is 137 cm³/mol. The van der Waals surface area contributed by atoms with Gasteiger partial charge in [-0.25, -0.2) is 8.78 Å². The van der Waals surface area contributed by atoms with E-state index in [1.54, 1.807) is 50.2 Å². The van der Waals surface area contributed by atoms with Crippen molar-refractivity contribution >= 4 is 5.91 Å². The molecule has 2 bridgehead atoms. The van der Waals surface area contributed by atoms with Gasteiger partial charge in [-0.3, -0.25) is 4.79 Å². The first-order valence-electron chi connectivity index (χ1n) is 12.5. The second-order valence-corrected chi connectivity index (χ2v) is 10.8. The molecule has 0 aromatic heterocycles. The number of halogens is 2. The van der Waals surface area contributed by atoms with Crippen LogP contribution in [-0.4, -0.2) is 40.1 Å². The molecule has 7 heteroatoms. The summed E-state index contributed by atoms with van der Waals surface area (Å²) in [4.78, 5) is 15.3. The summed E-state index contributed by atoms with van der Waals surface area (Å²) in [6.07, 6.45) is 2.18. The van der Waals surface area contributed by atoms with Gasteiger partial charge >= 0.3 is 0 Å². The largest absolute Gasteiger partial charge is 0.390 e. The van der Waals surface area contributed by atoms with Crippen molar-refractivity contribution in [2.45, 2.75) is 50.8 Å². The van der Waals surface area contributed by atoms with Gasteiger partial charge in [-0.1, -0.05) is 24.3 Å². The normalized spacial score (nSPS) is 20.8. The van der Waals surface area contributed by atoms with Crippen LogP contribution >= 0.6 is 0 Å². The molecule has 1 aliphatic carbocycles. The number of hydrogen-bond donors (Lipinski definition) is 2. The monoisotopic (exact) mass is 501 g/mol. The summed E-state index contributed by atoms with van der Waals surface area (Å²) in [5.41, 5.74) is 7.98. The maximum atomic E-state index is 15.4. The van der Waals surface area contributed by atoms with E-state index in [-0.39, 0.29) is 30.0 Å². The van der Waals surface area contributed by atoms with Crippen LogP contribution in [0.2, 0.25) is 0 Å². The minimum atomic E-state index is -0.987. The molecule has 5 rings (SSSR count). The summed E-state index contributed by atoms with van der Waals surface area (Å²) in [5.74, 6) is -1.02. The number of likely N-dealkylation sites (tertiary alicyclic amines) is 1. The number of fused-ring (bicyclic) bond motifs is 2. The first-order chi connectivity index (χ1) is 17.6. The van der Waals surface area contributed by atoms with Crippen LogP contribution in [0.5, 0.6) is 0 Å². The molecule has 1 saturated carbocycles. The molecule has 5 nitrogen and oxygen atoms in total. The molecule has 1 heterocycles. The molecule has 1 saturated heterocycles. The summed E-state index contributed by atoms with van der Waals surface area (Å²) in [6, 6.07) is 15.8. The van der Waals surface area contributed by atoms with Crippen LogP contribution in [0.3, 0.4) is 0 Å². The van der Waals surface area contributed by atoms with Gasteiger partial charge in [0.05, 0.1) is 11.2 Å². The van der Waals surface area contributed by atoms with Crippen molar-refractivity contribution in [1.29, 1.82) is 5.26 Å². The van der Waals surface area contributed by atoms with Gasteiger partial charge in [-0.15, -0.1) is 0 Å². The minimum Gasteiger partial charge on any atom is -0.390 e. The lowest BCUT2D eigenvalue weighted by molar-refractivity contribution is 0.0700. The Morgan fingerprint density at radius 1 is 1.05 bits per heavy atom. The fourth-order valence-electron chi connectivity index (χ4n) is 5.76. The highest BCUT2D eigenvalue weighted by atomic mass is 19.1. The zero-order valence-corrected chi connectivity index (χ0v) is 20.8. The summed E-state index contributed by atoms with van der Waals surface area (Å²) < 4.78 is 30.0. The summed E-state index contributed by atoms with van der Waals surface area (Å²) in [6.45, 7) is 3.93. The Bertz CT molecular complexity index is 1420. The average molecular weight is 502 g/mol. The van der Waals surface area contributed by atoms with Gasteiger partial charge in [-0.2, -0.15) is 5.26 Å². The molecule has 37 heavy (non-hydrogen) atoms. The van der Waals surface area contributed by atoms with E-state index in [0.29, 0.717) is 45.8 Å².